The quantitative estimate of drug-likeness (QED) is 0.419. The normalized spacial score (nSPS) is 11.7. The van der Waals surface area contributed by atoms with E-state index in [4.69, 9.17) is 20.8 Å². The molecule has 0 fully saturated rings. The lowest BCUT2D eigenvalue weighted by Gasteiger charge is -2.14. The molecule has 2 heterocycles. The van der Waals surface area contributed by atoms with Crippen molar-refractivity contribution in [1.29, 1.82) is 0 Å². The van der Waals surface area contributed by atoms with Crippen LogP contribution < -0.4 is 10.7 Å². The van der Waals surface area contributed by atoms with Crippen molar-refractivity contribution < 1.29 is 18.7 Å². The number of nitrogens with zero attached hydrogens (tertiary/aromatic N) is 1. The van der Waals surface area contributed by atoms with E-state index in [1.165, 1.54) is 25.3 Å². The number of carbonyl (C=O) groups excluding carboxylic acids is 2. The lowest BCUT2D eigenvalue weighted by molar-refractivity contribution is -0.123. The van der Waals surface area contributed by atoms with Gasteiger partial charge in [0.25, 0.3) is 5.91 Å². The Kier molecular flexibility index (Phi) is 6.24. The third-order valence-electron chi connectivity index (χ3n) is 5.03. The Morgan fingerprint density at radius 2 is 1.82 bits per heavy atom. The van der Waals surface area contributed by atoms with Crippen molar-refractivity contribution in [3.63, 3.8) is 0 Å². The van der Waals surface area contributed by atoms with Crippen molar-refractivity contribution >= 4 is 40.3 Å². The molecule has 1 unspecified atom stereocenters. The lowest BCUT2D eigenvalue weighted by atomic mass is 10.0. The second-order valence-corrected chi connectivity index (χ2v) is 7.77. The molecule has 1 atom stereocenters. The summed E-state index contributed by atoms with van der Waals surface area (Å²) in [6, 6.07) is 16.9. The number of anilines is 1. The average Bonchev–Trinajstić information content (AvgIpc) is 2.82. The zero-order valence-electron chi connectivity index (χ0n) is 17.8. The molecule has 0 saturated heterocycles. The molecule has 0 radical (unpaired) electrons. The summed E-state index contributed by atoms with van der Waals surface area (Å²) in [6.45, 7) is 3.11. The molecule has 2 aromatic heterocycles. The number of rotatable bonds is 5. The predicted molar refractivity (Wildman–Crippen MR) is 125 cm³/mol. The molecule has 0 aliphatic rings. The number of nitrogens with one attached hydrogen (secondary N) is 1. The van der Waals surface area contributed by atoms with Crippen LogP contribution in [0.15, 0.2) is 76.1 Å². The fourth-order valence-corrected chi connectivity index (χ4v) is 3.40. The fourth-order valence-electron chi connectivity index (χ4n) is 3.29. The number of aromatic nitrogens is 1. The van der Waals surface area contributed by atoms with Crippen molar-refractivity contribution in [1.82, 2.24) is 4.98 Å². The highest BCUT2D eigenvalue weighted by atomic mass is 35.5. The summed E-state index contributed by atoms with van der Waals surface area (Å²) < 4.78 is 11.4. The van der Waals surface area contributed by atoms with E-state index in [0.29, 0.717) is 21.9 Å². The van der Waals surface area contributed by atoms with Gasteiger partial charge >= 0.3 is 5.97 Å². The third kappa shape index (κ3) is 4.63. The van der Waals surface area contributed by atoms with E-state index in [-0.39, 0.29) is 27.8 Å². The minimum absolute atomic E-state index is 0.0473. The molecule has 0 aliphatic heterocycles. The zero-order valence-corrected chi connectivity index (χ0v) is 18.6. The first-order chi connectivity index (χ1) is 15.8. The number of halogens is 1. The van der Waals surface area contributed by atoms with Gasteiger partial charge in [-0.2, -0.15) is 0 Å². The molecule has 1 N–H and O–H groups in total. The highest BCUT2D eigenvalue weighted by Gasteiger charge is 2.23. The maximum atomic E-state index is 13.0. The first kappa shape index (κ1) is 22.2. The maximum absolute atomic E-state index is 13.0. The van der Waals surface area contributed by atoms with Crippen molar-refractivity contribution in [3.8, 4) is 11.3 Å². The summed E-state index contributed by atoms with van der Waals surface area (Å²) in [5.74, 6) is -0.724. The van der Waals surface area contributed by atoms with Crippen molar-refractivity contribution in [2.45, 2.75) is 20.0 Å². The first-order valence-electron chi connectivity index (χ1n) is 10.1. The molecule has 1 amide bonds. The molecule has 0 bridgehead atoms. The van der Waals surface area contributed by atoms with Crippen LogP contribution in [0, 0.1) is 6.92 Å². The lowest BCUT2D eigenvalue weighted by Crippen LogP contribution is -2.30. The highest BCUT2D eigenvalue weighted by Crippen LogP contribution is 2.27. The number of fused-ring (bicyclic) bond motifs is 1. The number of amides is 1. The van der Waals surface area contributed by atoms with Crippen LogP contribution in [0.4, 0.5) is 5.82 Å². The molecular formula is C25H19ClN2O5. The van der Waals surface area contributed by atoms with E-state index >= 15 is 0 Å². The van der Waals surface area contributed by atoms with Gasteiger partial charge in [0.1, 0.15) is 17.1 Å². The molecule has 33 heavy (non-hydrogen) atoms. The zero-order chi connectivity index (χ0) is 23.5. The standard InChI is InChI=1S/C25H19ClN2O5/c1-14-21(29)18-9-6-10-19(23(18)33-22(14)16-7-4-3-5-8-16)25(31)32-15(2)24(30)28-20-12-11-17(26)13-27-20/h3-13,15H,1-2H3,(H,27,28,30). The van der Waals surface area contributed by atoms with Gasteiger partial charge in [-0.25, -0.2) is 9.78 Å². The fraction of sp³-hybridized carbons (Fsp3) is 0.120. The molecule has 4 rings (SSSR count). The number of benzene rings is 2. The van der Waals surface area contributed by atoms with Crippen LogP contribution in [-0.2, 0) is 9.53 Å². The number of ether oxygens (including phenoxy) is 1. The van der Waals surface area contributed by atoms with Gasteiger partial charge in [0.15, 0.2) is 17.1 Å². The van der Waals surface area contributed by atoms with Crippen LogP contribution in [0.25, 0.3) is 22.3 Å². The van der Waals surface area contributed by atoms with Gasteiger partial charge in [0, 0.05) is 17.3 Å². The van der Waals surface area contributed by atoms with Crippen molar-refractivity contribution in [3.05, 3.63) is 93.2 Å². The summed E-state index contributed by atoms with van der Waals surface area (Å²) in [5, 5.41) is 3.23. The largest absolute Gasteiger partial charge is 0.455 e. The number of pyridine rings is 1. The minimum atomic E-state index is -1.13. The third-order valence-corrected chi connectivity index (χ3v) is 5.26. The van der Waals surface area contributed by atoms with E-state index < -0.39 is 18.0 Å². The molecule has 2 aromatic carbocycles. The van der Waals surface area contributed by atoms with Gasteiger partial charge in [-0.3, -0.25) is 9.59 Å². The minimum Gasteiger partial charge on any atom is -0.455 e. The number of hydrogen-bond acceptors (Lipinski definition) is 6. The highest BCUT2D eigenvalue weighted by molar-refractivity contribution is 6.30. The van der Waals surface area contributed by atoms with Crippen molar-refractivity contribution in [2.75, 3.05) is 5.32 Å². The summed E-state index contributed by atoms with van der Waals surface area (Å²) in [6.07, 6.45) is 0.258. The predicted octanol–water partition coefficient (Wildman–Crippen LogP) is 5.00. The Labute approximate surface area is 194 Å². The van der Waals surface area contributed by atoms with Gasteiger partial charge in [-0.1, -0.05) is 48.0 Å². The summed E-state index contributed by atoms with van der Waals surface area (Å²) in [7, 11) is 0. The Hall–Kier alpha value is -3.97. The summed E-state index contributed by atoms with van der Waals surface area (Å²) in [4.78, 5) is 42.3. The molecule has 8 heteroatoms. The van der Waals surface area contributed by atoms with Crippen LogP contribution >= 0.6 is 11.6 Å². The van der Waals surface area contributed by atoms with Crippen LogP contribution in [-0.4, -0.2) is 23.0 Å². The van der Waals surface area contributed by atoms with Gasteiger partial charge < -0.3 is 14.5 Å². The molecule has 7 nitrogen and oxygen atoms in total. The van der Waals surface area contributed by atoms with E-state index in [1.807, 2.05) is 30.3 Å². The number of para-hydroxylation sites is 1. The van der Waals surface area contributed by atoms with Crippen LogP contribution in [0.5, 0.6) is 0 Å². The Morgan fingerprint density at radius 1 is 1.06 bits per heavy atom. The van der Waals surface area contributed by atoms with Crippen LogP contribution in [0.2, 0.25) is 5.02 Å². The maximum Gasteiger partial charge on any atom is 0.342 e. The smallest absolute Gasteiger partial charge is 0.342 e. The van der Waals surface area contributed by atoms with Gasteiger partial charge in [0.05, 0.1) is 10.4 Å². The molecule has 166 valence electrons. The molecule has 4 aromatic rings. The molecule has 0 saturated carbocycles. The Bertz CT molecular complexity index is 1400. The average molecular weight is 463 g/mol. The molecule has 0 spiro atoms. The second-order valence-electron chi connectivity index (χ2n) is 7.33. The van der Waals surface area contributed by atoms with Crippen LogP contribution in [0.1, 0.15) is 22.8 Å². The van der Waals surface area contributed by atoms with E-state index in [9.17, 15) is 14.4 Å². The Balaban J connectivity index is 1.64. The van der Waals surface area contributed by atoms with Crippen LogP contribution in [0.3, 0.4) is 0 Å². The Morgan fingerprint density at radius 3 is 2.52 bits per heavy atom. The first-order valence-corrected chi connectivity index (χ1v) is 10.5. The van der Waals surface area contributed by atoms with Gasteiger partial charge in [0.2, 0.25) is 0 Å². The van der Waals surface area contributed by atoms with E-state index in [2.05, 4.69) is 10.3 Å². The van der Waals surface area contributed by atoms with Gasteiger partial charge in [-0.05, 0) is 38.1 Å². The SMILES string of the molecule is Cc1c(-c2ccccc2)oc2c(C(=O)OC(C)C(=O)Nc3ccc(Cl)cn3)cccc2c1=O. The van der Waals surface area contributed by atoms with E-state index in [0.717, 1.165) is 0 Å². The van der Waals surface area contributed by atoms with E-state index in [1.54, 1.807) is 25.1 Å². The number of esters is 1. The van der Waals surface area contributed by atoms with Gasteiger partial charge in [-0.15, -0.1) is 0 Å². The van der Waals surface area contributed by atoms with Crippen molar-refractivity contribution in [2.24, 2.45) is 0 Å². The summed E-state index contributed by atoms with van der Waals surface area (Å²) in [5.41, 5.74) is 1.04. The number of carbonyl (C=O) groups is 2. The number of hydrogen-bond donors (Lipinski definition) is 1. The molecular weight excluding hydrogens is 444 g/mol. The molecule has 0 aliphatic carbocycles. The monoisotopic (exact) mass is 462 g/mol. The summed E-state index contributed by atoms with van der Waals surface area (Å²) >= 11 is 5.79. The second kappa shape index (κ2) is 9.26. The topological polar surface area (TPSA) is 98.5 Å².